The summed E-state index contributed by atoms with van der Waals surface area (Å²) in [4.78, 5) is 0. The van der Waals surface area contributed by atoms with Crippen molar-refractivity contribution in [2.24, 2.45) is 0 Å². The van der Waals surface area contributed by atoms with Crippen molar-refractivity contribution in [2.75, 3.05) is 0 Å². The second kappa shape index (κ2) is 5.53. The van der Waals surface area contributed by atoms with Crippen LogP contribution >= 0.6 is 11.6 Å². The molecule has 0 saturated carbocycles. The minimum atomic E-state index is -4.39. The molecule has 0 amide bonds. The highest BCUT2D eigenvalue weighted by molar-refractivity contribution is 6.32. The number of alkyl halides is 3. The van der Waals surface area contributed by atoms with Gasteiger partial charge >= 0.3 is 6.18 Å². The van der Waals surface area contributed by atoms with Crippen molar-refractivity contribution >= 4 is 11.6 Å². The van der Waals surface area contributed by atoms with Gasteiger partial charge < -0.3 is 4.74 Å². The van der Waals surface area contributed by atoms with E-state index in [1.54, 1.807) is 30.3 Å². The van der Waals surface area contributed by atoms with Gasteiger partial charge in [-0.05, 0) is 18.2 Å². The van der Waals surface area contributed by atoms with E-state index >= 15 is 0 Å². The van der Waals surface area contributed by atoms with Crippen molar-refractivity contribution < 1.29 is 17.9 Å². The van der Waals surface area contributed by atoms with Crippen LogP contribution in [0.25, 0.3) is 0 Å². The van der Waals surface area contributed by atoms with Gasteiger partial charge in [0.1, 0.15) is 12.4 Å². The average Bonchev–Trinajstić information content (AvgIpc) is 2.37. The van der Waals surface area contributed by atoms with Crippen molar-refractivity contribution in [3.63, 3.8) is 0 Å². The molecule has 0 radical (unpaired) electrons. The van der Waals surface area contributed by atoms with E-state index in [4.69, 9.17) is 16.3 Å². The summed E-state index contributed by atoms with van der Waals surface area (Å²) < 4.78 is 43.6. The first-order chi connectivity index (χ1) is 8.98. The Balaban J connectivity index is 2.19. The van der Waals surface area contributed by atoms with Gasteiger partial charge in [0, 0.05) is 5.56 Å². The van der Waals surface area contributed by atoms with Crippen LogP contribution in [0.15, 0.2) is 48.5 Å². The van der Waals surface area contributed by atoms with Gasteiger partial charge in [-0.15, -0.1) is 0 Å². The second-order valence-corrected chi connectivity index (χ2v) is 4.28. The fourth-order valence-corrected chi connectivity index (χ4v) is 1.83. The van der Waals surface area contributed by atoms with Crippen molar-refractivity contribution in [1.29, 1.82) is 0 Å². The molecule has 0 aliphatic carbocycles. The Morgan fingerprint density at radius 1 is 0.947 bits per heavy atom. The molecule has 0 aromatic heterocycles. The summed E-state index contributed by atoms with van der Waals surface area (Å²) in [6.45, 7) is -0.181. The van der Waals surface area contributed by atoms with Crippen LogP contribution in [0.3, 0.4) is 0 Å². The van der Waals surface area contributed by atoms with Crippen LogP contribution in [0, 0.1) is 0 Å². The minimum Gasteiger partial charge on any atom is -0.487 e. The Morgan fingerprint density at radius 3 is 2.26 bits per heavy atom. The molecule has 0 saturated heterocycles. The molecule has 19 heavy (non-hydrogen) atoms. The van der Waals surface area contributed by atoms with Crippen LogP contribution < -0.4 is 4.74 Å². The standard InChI is InChI=1S/C14H10ClF3O/c15-12-7-3-4-8-13(12)19-9-10-5-1-2-6-11(10)14(16,17)18/h1-8H,9H2. The van der Waals surface area contributed by atoms with E-state index in [1.807, 2.05) is 0 Å². The van der Waals surface area contributed by atoms with E-state index in [0.717, 1.165) is 6.07 Å². The second-order valence-electron chi connectivity index (χ2n) is 3.87. The van der Waals surface area contributed by atoms with Crippen molar-refractivity contribution in [3.05, 3.63) is 64.7 Å². The summed E-state index contributed by atoms with van der Waals surface area (Å²) in [6, 6.07) is 12.0. The fourth-order valence-electron chi connectivity index (χ4n) is 1.64. The predicted molar refractivity (Wildman–Crippen MR) is 67.2 cm³/mol. The Bertz CT molecular complexity index is 567. The molecule has 0 fully saturated rings. The largest absolute Gasteiger partial charge is 0.487 e. The van der Waals surface area contributed by atoms with E-state index in [9.17, 15) is 13.2 Å². The van der Waals surface area contributed by atoms with Gasteiger partial charge in [0.2, 0.25) is 0 Å². The van der Waals surface area contributed by atoms with Gasteiger partial charge in [0.15, 0.2) is 0 Å². The van der Waals surface area contributed by atoms with Crippen LogP contribution in [0.1, 0.15) is 11.1 Å². The van der Waals surface area contributed by atoms with Crippen molar-refractivity contribution in [3.8, 4) is 5.75 Å². The molecule has 0 unspecified atom stereocenters. The van der Waals surface area contributed by atoms with Crippen LogP contribution in [0.2, 0.25) is 5.02 Å². The zero-order valence-electron chi connectivity index (χ0n) is 9.75. The highest BCUT2D eigenvalue weighted by Gasteiger charge is 2.32. The predicted octanol–water partition coefficient (Wildman–Crippen LogP) is 4.94. The van der Waals surface area contributed by atoms with Gasteiger partial charge in [0.25, 0.3) is 0 Å². The van der Waals surface area contributed by atoms with Crippen LogP contribution in [-0.4, -0.2) is 0 Å². The topological polar surface area (TPSA) is 9.23 Å². The molecule has 1 nitrogen and oxygen atoms in total. The highest BCUT2D eigenvalue weighted by atomic mass is 35.5. The van der Waals surface area contributed by atoms with E-state index in [2.05, 4.69) is 0 Å². The number of hydrogen-bond donors (Lipinski definition) is 0. The number of rotatable bonds is 3. The number of ether oxygens (including phenoxy) is 1. The molecule has 0 N–H and O–H groups in total. The Hall–Kier alpha value is -1.68. The van der Waals surface area contributed by atoms with E-state index in [0.29, 0.717) is 10.8 Å². The maximum absolute atomic E-state index is 12.8. The van der Waals surface area contributed by atoms with Crippen LogP contribution in [0.5, 0.6) is 5.75 Å². The molecular formula is C14H10ClF3O. The molecule has 0 atom stereocenters. The molecule has 0 aliphatic heterocycles. The Kier molecular flexibility index (Phi) is 4.00. The number of hydrogen-bond acceptors (Lipinski definition) is 1. The summed E-state index contributed by atoms with van der Waals surface area (Å²) in [5, 5.41) is 0.368. The third kappa shape index (κ3) is 3.41. The number of benzene rings is 2. The number of halogens is 4. The van der Waals surface area contributed by atoms with E-state index in [-0.39, 0.29) is 12.2 Å². The maximum atomic E-state index is 12.8. The van der Waals surface area contributed by atoms with Gasteiger partial charge in [-0.1, -0.05) is 41.9 Å². The molecule has 0 heterocycles. The summed E-state index contributed by atoms with van der Waals surface area (Å²) in [5.74, 6) is 0.362. The first-order valence-electron chi connectivity index (χ1n) is 5.51. The quantitative estimate of drug-likeness (QED) is 0.777. The molecule has 0 aliphatic rings. The third-order valence-electron chi connectivity index (χ3n) is 2.54. The summed E-state index contributed by atoms with van der Waals surface area (Å²) >= 11 is 5.87. The fraction of sp³-hybridized carbons (Fsp3) is 0.143. The highest BCUT2D eigenvalue weighted by Crippen LogP contribution is 2.33. The first-order valence-corrected chi connectivity index (χ1v) is 5.88. The smallest absolute Gasteiger partial charge is 0.416 e. The molecule has 2 aromatic carbocycles. The minimum absolute atomic E-state index is 0.0786. The summed E-state index contributed by atoms with van der Waals surface area (Å²) in [5.41, 5.74) is -0.614. The summed E-state index contributed by atoms with van der Waals surface area (Å²) in [6.07, 6.45) is -4.39. The number of para-hydroxylation sites is 1. The Labute approximate surface area is 113 Å². The third-order valence-corrected chi connectivity index (χ3v) is 2.85. The molecule has 2 rings (SSSR count). The molecule has 0 bridgehead atoms. The van der Waals surface area contributed by atoms with E-state index in [1.165, 1.54) is 12.1 Å². The van der Waals surface area contributed by atoms with E-state index < -0.39 is 11.7 Å². The van der Waals surface area contributed by atoms with Crippen molar-refractivity contribution in [1.82, 2.24) is 0 Å². The van der Waals surface area contributed by atoms with Gasteiger partial charge in [-0.2, -0.15) is 13.2 Å². The molecule has 5 heteroatoms. The molecule has 2 aromatic rings. The van der Waals surface area contributed by atoms with Gasteiger partial charge in [0.05, 0.1) is 10.6 Å². The molecule has 100 valence electrons. The van der Waals surface area contributed by atoms with Gasteiger partial charge in [-0.25, -0.2) is 0 Å². The maximum Gasteiger partial charge on any atom is 0.416 e. The lowest BCUT2D eigenvalue weighted by Gasteiger charge is -2.13. The Morgan fingerprint density at radius 2 is 1.58 bits per heavy atom. The lowest BCUT2D eigenvalue weighted by Crippen LogP contribution is -2.10. The van der Waals surface area contributed by atoms with Gasteiger partial charge in [-0.3, -0.25) is 0 Å². The molecular weight excluding hydrogens is 277 g/mol. The SMILES string of the molecule is FC(F)(F)c1ccccc1COc1ccccc1Cl. The van der Waals surface area contributed by atoms with Crippen LogP contribution in [-0.2, 0) is 12.8 Å². The van der Waals surface area contributed by atoms with Crippen molar-refractivity contribution in [2.45, 2.75) is 12.8 Å². The lowest BCUT2D eigenvalue weighted by molar-refractivity contribution is -0.138. The average molecular weight is 287 g/mol. The zero-order valence-corrected chi connectivity index (χ0v) is 10.5. The normalized spacial score (nSPS) is 11.4. The first kappa shape index (κ1) is 13.7. The zero-order chi connectivity index (χ0) is 13.9. The summed E-state index contributed by atoms with van der Waals surface area (Å²) in [7, 11) is 0. The lowest BCUT2D eigenvalue weighted by atomic mass is 10.1. The molecule has 0 spiro atoms. The monoisotopic (exact) mass is 286 g/mol. The van der Waals surface area contributed by atoms with Crippen LogP contribution in [0.4, 0.5) is 13.2 Å².